The Labute approximate surface area is 75.6 Å². The van der Waals surface area contributed by atoms with Gasteiger partial charge >= 0.3 is 8.80 Å². The molecule has 74 valence electrons. The average Bonchev–Trinajstić information content (AvgIpc) is 2.14. The molecule has 0 aromatic rings. The number of nitrogens with one attached hydrogen (secondary N) is 1. The van der Waals surface area contributed by atoms with E-state index in [2.05, 4.69) is 12.2 Å². The molecular formula is C7H19NO3Si. The van der Waals surface area contributed by atoms with Crippen LogP contribution in [0.5, 0.6) is 0 Å². The normalized spacial score (nSPS) is 12.0. The van der Waals surface area contributed by atoms with Crippen LogP contribution in [-0.4, -0.2) is 42.8 Å². The zero-order valence-electron chi connectivity index (χ0n) is 8.35. The molecule has 0 saturated heterocycles. The average molecular weight is 193 g/mol. The van der Waals surface area contributed by atoms with Crippen LogP contribution in [0.1, 0.15) is 13.3 Å². The minimum Gasteiger partial charge on any atom is -0.376 e. The van der Waals surface area contributed by atoms with Crippen molar-refractivity contribution in [3.8, 4) is 0 Å². The molecule has 0 spiro atoms. The van der Waals surface area contributed by atoms with Gasteiger partial charge in [0.1, 0.15) is 0 Å². The minimum absolute atomic E-state index is 0.671. The molecule has 0 aromatic carbocycles. The molecule has 12 heavy (non-hydrogen) atoms. The van der Waals surface area contributed by atoms with Crippen molar-refractivity contribution >= 4 is 8.80 Å². The van der Waals surface area contributed by atoms with Crippen LogP contribution >= 0.6 is 0 Å². The minimum atomic E-state index is -2.37. The lowest BCUT2D eigenvalue weighted by Crippen LogP contribution is -2.52. The van der Waals surface area contributed by atoms with Crippen LogP contribution in [0.3, 0.4) is 0 Å². The highest BCUT2D eigenvalue weighted by Gasteiger charge is 2.37. The van der Waals surface area contributed by atoms with Gasteiger partial charge in [-0.3, -0.25) is 0 Å². The Hall–Kier alpha value is 0.0569. The molecule has 5 heteroatoms. The summed E-state index contributed by atoms with van der Waals surface area (Å²) in [6, 6.07) is 0. The van der Waals surface area contributed by atoms with Gasteiger partial charge in [-0.1, -0.05) is 6.92 Å². The molecule has 0 bridgehead atoms. The summed E-state index contributed by atoms with van der Waals surface area (Å²) in [6.45, 7) is 3.08. The molecule has 0 rings (SSSR count). The monoisotopic (exact) mass is 193 g/mol. The standard InChI is InChI=1S/C7H19NO3Si/c1-5-6-8-7-12(9-2,10-3)11-4/h8H,5-7H2,1-4H3. The lowest BCUT2D eigenvalue weighted by Gasteiger charge is -2.24. The van der Waals surface area contributed by atoms with Crippen molar-refractivity contribution in [1.82, 2.24) is 5.32 Å². The van der Waals surface area contributed by atoms with Crippen LogP contribution in [0.4, 0.5) is 0 Å². The molecule has 1 N–H and O–H groups in total. The Kier molecular flexibility index (Phi) is 6.59. The molecule has 0 unspecified atom stereocenters. The Morgan fingerprint density at radius 2 is 1.58 bits per heavy atom. The first-order valence-electron chi connectivity index (χ1n) is 4.10. The van der Waals surface area contributed by atoms with E-state index in [4.69, 9.17) is 13.3 Å². The van der Waals surface area contributed by atoms with Gasteiger partial charge in [-0.2, -0.15) is 0 Å². The highest BCUT2D eigenvalue weighted by atomic mass is 28.4. The van der Waals surface area contributed by atoms with E-state index in [0.29, 0.717) is 6.17 Å². The Morgan fingerprint density at radius 1 is 1.08 bits per heavy atom. The van der Waals surface area contributed by atoms with Crippen molar-refractivity contribution in [1.29, 1.82) is 0 Å². The maximum absolute atomic E-state index is 5.21. The third-order valence-electron chi connectivity index (χ3n) is 1.70. The second kappa shape index (κ2) is 6.56. The summed E-state index contributed by atoms with van der Waals surface area (Å²) in [5, 5.41) is 3.22. The van der Waals surface area contributed by atoms with Crippen LogP contribution < -0.4 is 5.32 Å². The maximum atomic E-state index is 5.21. The highest BCUT2D eigenvalue weighted by molar-refractivity contribution is 6.60. The van der Waals surface area contributed by atoms with Crippen LogP contribution in [0.25, 0.3) is 0 Å². The molecule has 0 radical (unpaired) electrons. The van der Waals surface area contributed by atoms with Crippen molar-refractivity contribution in [3.63, 3.8) is 0 Å². The molecule has 0 aromatic heterocycles. The smallest absolute Gasteiger partial charge is 0.376 e. The van der Waals surface area contributed by atoms with Crippen molar-refractivity contribution < 1.29 is 13.3 Å². The fourth-order valence-electron chi connectivity index (χ4n) is 0.885. The van der Waals surface area contributed by atoms with Gasteiger partial charge < -0.3 is 18.6 Å². The molecule has 0 atom stereocenters. The topological polar surface area (TPSA) is 39.7 Å². The van der Waals surface area contributed by atoms with Crippen LogP contribution in [0.15, 0.2) is 0 Å². The Bertz CT molecular complexity index is 101. The molecule has 4 nitrogen and oxygen atoms in total. The molecule has 0 heterocycles. The van der Waals surface area contributed by atoms with E-state index in [1.54, 1.807) is 21.3 Å². The second-order valence-electron chi connectivity index (χ2n) is 2.47. The highest BCUT2D eigenvalue weighted by Crippen LogP contribution is 2.03. The Balaban J connectivity index is 3.76. The summed E-state index contributed by atoms with van der Waals surface area (Å²) in [6.07, 6.45) is 1.77. The largest absolute Gasteiger partial charge is 0.514 e. The third-order valence-corrected chi connectivity index (χ3v) is 4.25. The second-order valence-corrected chi connectivity index (χ2v) is 5.42. The fourth-order valence-corrected chi connectivity index (χ4v) is 2.30. The van der Waals surface area contributed by atoms with Crippen molar-refractivity contribution in [3.05, 3.63) is 0 Å². The van der Waals surface area contributed by atoms with Gasteiger partial charge in [0, 0.05) is 21.3 Å². The summed E-state index contributed by atoms with van der Waals surface area (Å²) < 4.78 is 15.6. The van der Waals surface area contributed by atoms with Crippen molar-refractivity contribution in [2.24, 2.45) is 0 Å². The first-order chi connectivity index (χ1) is 5.74. The van der Waals surface area contributed by atoms with E-state index in [-0.39, 0.29) is 0 Å². The summed E-state index contributed by atoms with van der Waals surface area (Å²) >= 11 is 0. The van der Waals surface area contributed by atoms with Crippen LogP contribution in [-0.2, 0) is 13.3 Å². The van der Waals surface area contributed by atoms with E-state index < -0.39 is 8.80 Å². The van der Waals surface area contributed by atoms with E-state index in [1.807, 2.05) is 0 Å². The summed E-state index contributed by atoms with van der Waals surface area (Å²) in [4.78, 5) is 0. The molecule has 0 saturated carbocycles. The van der Waals surface area contributed by atoms with Crippen LogP contribution in [0, 0.1) is 0 Å². The summed E-state index contributed by atoms with van der Waals surface area (Å²) in [5.41, 5.74) is 0. The van der Waals surface area contributed by atoms with Gasteiger partial charge in [-0.05, 0) is 13.0 Å². The lowest BCUT2D eigenvalue weighted by molar-refractivity contribution is 0.122. The van der Waals surface area contributed by atoms with E-state index in [9.17, 15) is 0 Å². The van der Waals surface area contributed by atoms with Crippen LogP contribution in [0.2, 0.25) is 0 Å². The molecule has 0 fully saturated rings. The van der Waals surface area contributed by atoms with E-state index in [0.717, 1.165) is 13.0 Å². The van der Waals surface area contributed by atoms with Crippen molar-refractivity contribution in [2.45, 2.75) is 13.3 Å². The zero-order valence-corrected chi connectivity index (χ0v) is 9.35. The molecule has 0 aliphatic rings. The molecular weight excluding hydrogens is 174 g/mol. The first kappa shape index (κ1) is 12.1. The van der Waals surface area contributed by atoms with E-state index >= 15 is 0 Å². The fraction of sp³-hybridized carbons (Fsp3) is 1.00. The quantitative estimate of drug-likeness (QED) is 0.469. The van der Waals surface area contributed by atoms with Gasteiger partial charge in [-0.25, -0.2) is 0 Å². The van der Waals surface area contributed by atoms with E-state index in [1.165, 1.54) is 0 Å². The molecule has 0 amide bonds. The SMILES string of the molecule is CCCNC[Si](OC)(OC)OC. The van der Waals surface area contributed by atoms with Gasteiger partial charge in [-0.15, -0.1) is 0 Å². The molecule has 0 aliphatic carbocycles. The predicted molar refractivity (Wildman–Crippen MR) is 49.9 cm³/mol. The van der Waals surface area contributed by atoms with Crippen molar-refractivity contribution in [2.75, 3.05) is 34.0 Å². The number of hydrogen-bond acceptors (Lipinski definition) is 4. The van der Waals surface area contributed by atoms with Gasteiger partial charge in [0.25, 0.3) is 0 Å². The van der Waals surface area contributed by atoms with Gasteiger partial charge in [0.2, 0.25) is 0 Å². The summed E-state index contributed by atoms with van der Waals surface area (Å²) in [5.74, 6) is 0. The Morgan fingerprint density at radius 3 is 1.92 bits per heavy atom. The number of hydrogen-bond donors (Lipinski definition) is 1. The maximum Gasteiger partial charge on any atom is 0.514 e. The van der Waals surface area contributed by atoms with Gasteiger partial charge in [0.05, 0.1) is 6.17 Å². The molecule has 0 aliphatic heterocycles. The number of rotatable bonds is 7. The zero-order chi connectivity index (χ0) is 9.45. The van der Waals surface area contributed by atoms with Gasteiger partial charge in [0.15, 0.2) is 0 Å². The first-order valence-corrected chi connectivity index (χ1v) is 6.04. The predicted octanol–water partition coefficient (Wildman–Crippen LogP) is 0.403. The third kappa shape index (κ3) is 3.64. The summed E-state index contributed by atoms with van der Waals surface area (Å²) in [7, 11) is 2.49. The lowest BCUT2D eigenvalue weighted by atomic mass is 10.5.